The number of anilines is 2. The number of imidazole rings is 1. The van der Waals surface area contributed by atoms with Crippen LogP contribution in [0.3, 0.4) is 0 Å². The van der Waals surface area contributed by atoms with E-state index >= 15 is 0 Å². The van der Waals surface area contributed by atoms with Crippen molar-refractivity contribution >= 4 is 22.4 Å². The van der Waals surface area contributed by atoms with Gasteiger partial charge < -0.3 is 25.7 Å². The normalized spacial score (nSPS) is 14.8. The first-order valence-electron chi connectivity index (χ1n) is 11.3. The van der Waals surface area contributed by atoms with Crippen molar-refractivity contribution < 1.29 is 4.74 Å². The second-order valence-corrected chi connectivity index (χ2v) is 8.21. The number of nitrogens with zero attached hydrogens (tertiary/aromatic N) is 1. The number of benzene rings is 3. The number of aromatic nitrogens is 2. The van der Waals surface area contributed by atoms with Crippen molar-refractivity contribution in [1.29, 1.82) is 0 Å². The highest BCUT2D eigenvalue weighted by molar-refractivity contribution is 5.84. The number of ether oxygens (including phenoxy) is 1. The molecule has 1 aliphatic rings. The quantitative estimate of drug-likeness (QED) is 0.281. The first-order valence-corrected chi connectivity index (χ1v) is 11.3. The second kappa shape index (κ2) is 8.93. The van der Waals surface area contributed by atoms with Gasteiger partial charge in [0.05, 0.1) is 29.0 Å². The van der Waals surface area contributed by atoms with Crippen molar-refractivity contribution in [2.75, 3.05) is 30.3 Å². The van der Waals surface area contributed by atoms with Crippen LogP contribution in [-0.4, -0.2) is 29.7 Å². The maximum absolute atomic E-state index is 5.84. The maximum Gasteiger partial charge on any atom is 0.138 e. The van der Waals surface area contributed by atoms with Crippen LogP contribution >= 0.6 is 0 Å². The molecule has 0 amide bonds. The number of hydrogen-bond donors (Lipinski definition) is 4. The second-order valence-electron chi connectivity index (χ2n) is 8.21. The molecule has 0 saturated heterocycles. The summed E-state index contributed by atoms with van der Waals surface area (Å²) >= 11 is 0. The highest BCUT2D eigenvalue weighted by Gasteiger charge is 2.22. The van der Waals surface area contributed by atoms with Crippen molar-refractivity contribution in [3.8, 4) is 17.1 Å². The number of rotatable bonds is 8. The van der Waals surface area contributed by atoms with E-state index in [1.807, 2.05) is 12.1 Å². The van der Waals surface area contributed by atoms with E-state index in [9.17, 15) is 0 Å². The molecule has 3 aromatic carbocycles. The number of hydrogen-bond acceptors (Lipinski definition) is 5. The minimum Gasteiger partial charge on any atom is -0.494 e. The Kier molecular flexibility index (Phi) is 5.69. The van der Waals surface area contributed by atoms with Crippen LogP contribution in [0.1, 0.15) is 30.6 Å². The molecule has 5 rings (SSSR count). The van der Waals surface area contributed by atoms with Crippen LogP contribution in [0.25, 0.3) is 22.4 Å². The fourth-order valence-corrected chi connectivity index (χ4v) is 4.03. The molecule has 0 spiro atoms. The van der Waals surface area contributed by atoms with Gasteiger partial charge in [-0.15, -0.1) is 0 Å². The lowest BCUT2D eigenvalue weighted by Crippen LogP contribution is -2.16. The number of H-pyrrole nitrogens is 1. The van der Waals surface area contributed by atoms with Crippen molar-refractivity contribution in [1.82, 2.24) is 15.3 Å². The number of nitrogens with one attached hydrogen (secondary N) is 4. The zero-order valence-electron chi connectivity index (χ0n) is 18.5. The van der Waals surface area contributed by atoms with Crippen molar-refractivity contribution in [3.63, 3.8) is 0 Å². The third-order valence-electron chi connectivity index (χ3n) is 5.76. The van der Waals surface area contributed by atoms with Gasteiger partial charge >= 0.3 is 0 Å². The lowest BCUT2D eigenvalue weighted by molar-refractivity contribution is 0.308. The summed E-state index contributed by atoms with van der Waals surface area (Å²) in [4.78, 5) is 8.20. The molecule has 32 heavy (non-hydrogen) atoms. The van der Waals surface area contributed by atoms with Gasteiger partial charge in [-0.3, -0.25) is 0 Å². The van der Waals surface area contributed by atoms with Gasteiger partial charge in [0.15, 0.2) is 0 Å². The van der Waals surface area contributed by atoms with E-state index in [4.69, 9.17) is 9.72 Å². The first-order chi connectivity index (χ1) is 15.7. The molecule has 2 heterocycles. The van der Waals surface area contributed by atoms with Gasteiger partial charge in [-0.1, -0.05) is 25.1 Å². The first kappa shape index (κ1) is 20.4. The van der Waals surface area contributed by atoms with E-state index in [-0.39, 0.29) is 6.17 Å². The highest BCUT2D eigenvalue weighted by atomic mass is 16.5. The van der Waals surface area contributed by atoms with Crippen molar-refractivity contribution in [2.24, 2.45) is 0 Å². The highest BCUT2D eigenvalue weighted by Crippen LogP contribution is 2.38. The summed E-state index contributed by atoms with van der Waals surface area (Å²) in [6, 6.07) is 20.9. The zero-order valence-corrected chi connectivity index (χ0v) is 18.5. The van der Waals surface area contributed by atoms with Crippen LogP contribution in [0.15, 0.2) is 60.7 Å². The maximum atomic E-state index is 5.84. The molecule has 0 bridgehead atoms. The van der Waals surface area contributed by atoms with Crippen LogP contribution in [0.4, 0.5) is 11.4 Å². The van der Waals surface area contributed by atoms with E-state index in [1.165, 1.54) is 11.1 Å². The predicted molar refractivity (Wildman–Crippen MR) is 131 cm³/mol. The van der Waals surface area contributed by atoms with Gasteiger partial charge in [-0.05, 0) is 80.0 Å². The number of fused-ring (bicyclic) bond motifs is 2. The van der Waals surface area contributed by atoms with Gasteiger partial charge in [0.2, 0.25) is 0 Å². The molecular weight excluding hydrogens is 398 g/mol. The molecule has 4 N–H and O–H groups in total. The summed E-state index contributed by atoms with van der Waals surface area (Å²) in [5.41, 5.74) is 7.67. The fourth-order valence-electron chi connectivity index (χ4n) is 4.03. The summed E-state index contributed by atoms with van der Waals surface area (Å²) in [5, 5.41) is 10.5. The molecule has 0 fully saturated rings. The molecule has 1 unspecified atom stereocenters. The molecule has 0 radical (unpaired) electrons. The smallest absolute Gasteiger partial charge is 0.138 e. The molecule has 6 nitrogen and oxygen atoms in total. The average molecular weight is 428 g/mol. The minimum absolute atomic E-state index is 0.0291. The van der Waals surface area contributed by atoms with Crippen molar-refractivity contribution in [2.45, 2.75) is 26.4 Å². The lowest BCUT2D eigenvalue weighted by atomic mass is 10.1. The fraction of sp³-hybridized carbons (Fsp3) is 0.269. The summed E-state index contributed by atoms with van der Waals surface area (Å²) in [5.74, 6) is 1.79. The van der Waals surface area contributed by atoms with Gasteiger partial charge in [0.1, 0.15) is 17.7 Å². The Bertz CT molecular complexity index is 1210. The Labute approximate surface area is 188 Å². The van der Waals surface area contributed by atoms with Gasteiger partial charge in [0, 0.05) is 5.56 Å². The summed E-state index contributed by atoms with van der Waals surface area (Å²) in [6.45, 7) is 6.91. The Hall–Kier alpha value is -3.51. The third-order valence-corrected chi connectivity index (χ3v) is 5.76. The molecule has 4 aromatic rings. The van der Waals surface area contributed by atoms with Crippen LogP contribution in [0.5, 0.6) is 5.75 Å². The third kappa shape index (κ3) is 4.27. The molecule has 1 aromatic heterocycles. The van der Waals surface area contributed by atoms with E-state index < -0.39 is 0 Å². The van der Waals surface area contributed by atoms with Crippen LogP contribution < -0.4 is 20.7 Å². The largest absolute Gasteiger partial charge is 0.494 e. The minimum atomic E-state index is 0.0291. The standard InChI is InChI=1S/C26H29N5O/c1-3-27-13-4-14-32-20-9-6-18(7-10-20)25-28-22-12-8-19(16-24(22)31-25)26-29-21-11-5-17(2)15-23(21)30-26/h5-12,15-16,25,27-28,31H,3-4,13-14H2,1-2H3,(H,29,30). The monoisotopic (exact) mass is 427 g/mol. The Morgan fingerprint density at radius 2 is 1.81 bits per heavy atom. The predicted octanol–water partition coefficient (Wildman–Crippen LogP) is 5.45. The van der Waals surface area contributed by atoms with Gasteiger partial charge in [0.25, 0.3) is 0 Å². The van der Waals surface area contributed by atoms with E-state index in [1.54, 1.807) is 0 Å². The topological polar surface area (TPSA) is 74.0 Å². The number of aryl methyl sites for hydroxylation is 1. The molecule has 0 saturated carbocycles. The SMILES string of the molecule is CCNCCCOc1ccc(C2Nc3ccc(-c4nc5ccc(C)cc5[nH]4)cc3N2)cc1. The van der Waals surface area contributed by atoms with Gasteiger partial charge in [-0.2, -0.15) is 0 Å². The number of aromatic amines is 1. The van der Waals surface area contributed by atoms with E-state index in [0.29, 0.717) is 0 Å². The molecule has 1 aliphatic heterocycles. The van der Waals surface area contributed by atoms with E-state index in [2.05, 4.69) is 83.3 Å². The molecule has 164 valence electrons. The molecule has 0 aliphatic carbocycles. The van der Waals surface area contributed by atoms with Gasteiger partial charge in [-0.25, -0.2) is 4.98 Å². The zero-order chi connectivity index (χ0) is 21.9. The Morgan fingerprint density at radius 1 is 0.969 bits per heavy atom. The van der Waals surface area contributed by atoms with Crippen molar-refractivity contribution in [3.05, 3.63) is 71.8 Å². The average Bonchev–Trinajstić information content (AvgIpc) is 3.42. The van der Waals surface area contributed by atoms with E-state index in [0.717, 1.165) is 65.7 Å². The lowest BCUT2D eigenvalue weighted by Gasteiger charge is -2.14. The molecule has 6 heteroatoms. The summed E-state index contributed by atoms with van der Waals surface area (Å²) in [7, 11) is 0. The Morgan fingerprint density at radius 3 is 2.66 bits per heavy atom. The van der Waals surface area contributed by atoms with Crippen LogP contribution in [-0.2, 0) is 0 Å². The molecule has 1 atom stereocenters. The van der Waals surface area contributed by atoms with Crippen LogP contribution in [0.2, 0.25) is 0 Å². The Balaban J connectivity index is 1.26. The summed E-state index contributed by atoms with van der Waals surface area (Å²) in [6.07, 6.45) is 1.03. The molecular formula is C26H29N5O. The summed E-state index contributed by atoms with van der Waals surface area (Å²) < 4.78 is 5.84. The van der Waals surface area contributed by atoms with Crippen LogP contribution in [0, 0.1) is 6.92 Å².